The molecule has 0 atom stereocenters. The quantitative estimate of drug-likeness (QED) is 0.608. The lowest BCUT2D eigenvalue weighted by Gasteiger charge is -2.05. The van der Waals surface area contributed by atoms with E-state index < -0.39 is 0 Å². The highest BCUT2D eigenvalue weighted by Crippen LogP contribution is 2.24. The van der Waals surface area contributed by atoms with E-state index in [4.69, 9.17) is 16.3 Å². The van der Waals surface area contributed by atoms with Gasteiger partial charge in [0.15, 0.2) is 5.65 Å². The summed E-state index contributed by atoms with van der Waals surface area (Å²) >= 11 is 6.23. The molecule has 2 aromatic heterocycles. The van der Waals surface area contributed by atoms with Gasteiger partial charge in [0.1, 0.15) is 18.0 Å². The summed E-state index contributed by atoms with van der Waals surface area (Å²) in [5.41, 5.74) is 2.22. The predicted molar refractivity (Wildman–Crippen MR) is 82.7 cm³/mol. The summed E-state index contributed by atoms with van der Waals surface area (Å²) in [6.07, 6.45) is 9.48. The Hall–Kier alpha value is -1.04. The van der Waals surface area contributed by atoms with Crippen LogP contribution in [0, 0.1) is 0 Å². The Morgan fingerprint density at radius 1 is 1.47 bits per heavy atom. The zero-order chi connectivity index (χ0) is 13.8. The van der Waals surface area contributed by atoms with Crippen molar-refractivity contribution in [1.29, 1.82) is 0 Å². The molecule has 4 nitrogen and oxygen atoms in total. The molecule has 0 aromatic carbocycles. The van der Waals surface area contributed by atoms with E-state index in [0.717, 1.165) is 23.6 Å². The molecule has 0 bridgehead atoms. The van der Waals surface area contributed by atoms with Crippen LogP contribution in [0.15, 0.2) is 19.1 Å². The van der Waals surface area contributed by atoms with Gasteiger partial charge in [-0.2, -0.15) is 0 Å². The van der Waals surface area contributed by atoms with Gasteiger partial charge in [-0.15, -0.1) is 0 Å². The largest absolute Gasteiger partial charge is 0.356 e. The molecule has 0 radical (unpaired) electrons. The van der Waals surface area contributed by atoms with E-state index in [9.17, 15) is 0 Å². The van der Waals surface area contributed by atoms with Gasteiger partial charge in [-0.25, -0.2) is 9.97 Å². The Morgan fingerprint density at radius 2 is 2.26 bits per heavy atom. The summed E-state index contributed by atoms with van der Waals surface area (Å²) in [6, 6.07) is 0. The van der Waals surface area contributed by atoms with Crippen LogP contribution >= 0.6 is 11.6 Å². The van der Waals surface area contributed by atoms with Crippen molar-refractivity contribution in [2.75, 3.05) is 24.9 Å². The van der Waals surface area contributed by atoms with Crippen molar-refractivity contribution in [2.24, 2.45) is 0 Å². The number of fused-ring (bicyclic) bond motifs is 1. The van der Waals surface area contributed by atoms with Crippen LogP contribution in [0.1, 0.15) is 5.56 Å². The molecule has 0 N–H and O–H groups in total. The summed E-state index contributed by atoms with van der Waals surface area (Å²) < 4.78 is 7.48. The Balaban J connectivity index is 2.13. The number of aromatic nitrogens is 3. The lowest BCUT2D eigenvalue weighted by atomic mass is 10.2. The molecule has 0 amide bonds. The molecule has 2 rings (SSSR count). The normalized spacial score (nSPS) is 11.4. The summed E-state index contributed by atoms with van der Waals surface area (Å²) in [5, 5.41) is 0.586. The van der Waals surface area contributed by atoms with Crippen molar-refractivity contribution in [2.45, 2.75) is 6.73 Å². The van der Waals surface area contributed by atoms with E-state index in [1.165, 1.54) is 0 Å². The van der Waals surface area contributed by atoms with Crippen molar-refractivity contribution in [1.82, 2.24) is 14.5 Å². The summed E-state index contributed by atoms with van der Waals surface area (Å²) in [5.74, 6) is 1.07. The van der Waals surface area contributed by atoms with Gasteiger partial charge in [-0.3, -0.25) is 4.57 Å². The highest BCUT2D eigenvalue weighted by Gasteiger charge is 2.10. The number of imidazole rings is 1. The van der Waals surface area contributed by atoms with Gasteiger partial charge >= 0.3 is 0 Å². The molecule has 0 fully saturated rings. The average Bonchev–Trinajstić information content (AvgIpc) is 2.79. The first kappa shape index (κ1) is 14.4. The highest BCUT2D eigenvalue weighted by molar-refractivity contribution is 7.95. The third-order valence-electron chi connectivity index (χ3n) is 2.68. The Morgan fingerprint density at radius 3 is 2.95 bits per heavy atom. The van der Waals surface area contributed by atoms with Gasteiger partial charge in [0.2, 0.25) is 0 Å². The Labute approximate surface area is 120 Å². The second-order valence-electron chi connectivity index (χ2n) is 4.35. The molecule has 0 saturated carbocycles. The molecule has 2 aromatic rings. The van der Waals surface area contributed by atoms with Crippen LogP contribution in [-0.2, 0) is 22.4 Å². The van der Waals surface area contributed by atoms with E-state index >= 15 is 0 Å². The van der Waals surface area contributed by atoms with Crippen LogP contribution in [0.2, 0.25) is 5.02 Å². The van der Waals surface area contributed by atoms with Gasteiger partial charge in [0, 0.05) is 11.8 Å². The fraction of sp³-hybridized carbons (Fsp3) is 0.385. The van der Waals surface area contributed by atoms with Crippen molar-refractivity contribution < 1.29 is 4.74 Å². The predicted octanol–water partition coefficient (Wildman–Crippen LogP) is 2.58. The fourth-order valence-electron chi connectivity index (χ4n) is 1.62. The van der Waals surface area contributed by atoms with E-state index in [-0.39, 0.29) is 0 Å². The summed E-state index contributed by atoms with van der Waals surface area (Å²) in [4.78, 5) is 8.64. The molecule has 0 saturated heterocycles. The first-order valence-electron chi connectivity index (χ1n) is 5.87. The lowest BCUT2D eigenvalue weighted by molar-refractivity contribution is 0.0920. The lowest BCUT2D eigenvalue weighted by Crippen LogP contribution is -2.11. The minimum absolute atomic E-state index is 0.403. The molecule has 6 heteroatoms. The second kappa shape index (κ2) is 6.41. The summed E-state index contributed by atoms with van der Waals surface area (Å²) in [6.45, 7) is 4.89. The fourth-order valence-corrected chi connectivity index (χ4v) is 2.33. The molecule has 0 unspecified atom stereocenters. The maximum absolute atomic E-state index is 6.23. The van der Waals surface area contributed by atoms with Gasteiger partial charge < -0.3 is 4.74 Å². The maximum atomic E-state index is 6.23. The first-order chi connectivity index (χ1) is 9.13. The average molecular weight is 299 g/mol. The van der Waals surface area contributed by atoms with Crippen molar-refractivity contribution in [3.05, 3.63) is 29.7 Å². The van der Waals surface area contributed by atoms with Crippen LogP contribution in [-0.4, -0.2) is 39.4 Å². The zero-order valence-electron chi connectivity index (χ0n) is 11.1. The molecular formula is C13H17ClN3OS+. The van der Waals surface area contributed by atoms with Crippen LogP contribution in [0.5, 0.6) is 0 Å². The third kappa shape index (κ3) is 3.29. The van der Waals surface area contributed by atoms with Crippen LogP contribution in [0.3, 0.4) is 0 Å². The molecule has 0 aliphatic rings. The minimum atomic E-state index is 0.403. The van der Waals surface area contributed by atoms with E-state index in [1.807, 2.05) is 4.57 Å². The number of ether oxygens (including phenoxy) is 1. The number of hydrogen-bond acceptors (Lipinski definition) is 3. The molecule has 102 valence electrons. The van der Waals surface area contributed by atoms with Crippen molar-refractivity contribution in [3.8, 4) is 0 Å². The number of pyridine rings is 1. The van der Waals surface area contributed by atoms with E-state index in [0.29, 0.717) is 28.2 Å². The molecule has 2 heterocycles. The molecule has 19 heavy (non-hydrogen) atoms. The third-order valence-corrected chi connectivity index (χ3v) is 4.06. The number of hydrogen-bond donors (Lipinski definition) is 0. The van der Waals surface area contributed by atoms with Gasteiger partial charge in [-0.1, -0.05) is 24.3 Å². The SMILES string of the molecule is C=Cc1cnc2c(ncn2COCC[S+](C)C)c1Cl. The van der Waals surface area contributed by atoms with Crippen LogP contribution < -0.4 is 0 Å². The monoisotopic (exact) mass is 298 g/mol. The highest BCUT2D eigenvalue weighted by atomic mass is 35.5. The van der Waals surface area contributed by atoms with E-state index in [1.54, 1.807) is 18.6 Å². The van der Waals surface area contributed by atoms with E-state index in [2.05, 4.69) is 29.1 Å². The smallest absolute Gasteiger partial charge is 0.163 e. The Bertz CT molecular complexity index is 583. The van der Waals surface area contributed by atoms with Gasteiger partial charge in [0.05, 0.1) is 30.5 Å². The van der Waals surface area contributed by atoms with Crippen molar-refractivity contribution in [3.63, 3.8) is 0 Å². The molecule has 0 aliphatic carbocycles. The van der Waals surface area contributed by atoms with Crippen LogP contribution in [0.25, 0.3) is 17.2 Å². The first-order valence-corrected chi connectivity index (χ1v) is 8.46. The number of nitrogens with zero attached hydrogens (tertiary/aromatic N) is 3. The number of rotatable bonds is 6. The van der Waals surface area contributed by atoms with Crippen molar-refractivity contribution >= 4 is 39.7 Å². The maximum Gasteiger partial charge on any atom is 0.163 e. The van der Waals surface area contributed by atoms with Gasteiger partial charge in [-0.05, 0) is 10.9 Å². The minimum Gasteiger partial charge on any atom is -0.356 e. The molecule has 0 spiro atoms. The van der Waals surface area contributed by atoms with Gasteiger partial charge in [0.25, 0.3) is 0 Å². The Kier molecular flexibility index (Phi) is 4.85. The molecular weight excluding hydrogens is 282 g/mol. The topological polar surface area (TPSA) is 39.9 Å². The number of halogens is 1. The molecule has 0 aliphatic heterocycles. The zero-order valence-corrected chi connectivity index (χ0v) is 12.7. The summed E-state index contributed by atoms with van der Waals surface area (Å²) in [7, 11) is 0.403. The second-order valence-corrected chi connectivity index (χ2v) is 7.10. The van der Waals surface area contributed by atoms with Crippen LogP contribution in [0.4, 0.5) is 0 Å². The standard InChI is InChI=1S/C13H17ClN3OS/c1-4-10-7-15-13-12(11(10)14)16-8-17(13)9-18-5-6-19(2)3/h4,7-8H,1,5-6,9H2,2-3H3/q+1.